The van der Waals surface area contributed by atoms with Crippen molar-refractivity contribution in [3.63, 3.8) is 0 Å². The summed E-state index contributed by atoms with van der Waals surface area (Å²) in [5.74, 6) is 0.371. The monoisotopic (exact) mass is 192 g/mol. The summed E-state index contributed by atoms with van der Waals surface area (Å²) in [5, 5.41) is 12.9. The average Bonchev–Trinajstić information content (AvgIpc) is 2.55. The molecule has 76 valence electrons. The van der Waals surface area contributed by atoms with Crippen molar-refractivity contribution < 1.29 is 5.11 Å². The van der Waals surface area contributed by atoms with Crippen LogP contribution in [0.4, 0.5) is 0 Å². The summed E-state index contributed by atoms with van der Waals surface area (Å²) >= 11 is 0. The van der Waals surface area contributed by atoms with E-state index in [1.165, 1.54) is 5.70 Å². The van der Waals surface area contributed by atoms with Gasteiger partial charge < -0.3 is 16.2 Å². The molecule has 0 aromatic heterocycles. The van der Waals surface area contributed by atoms with Gasteiger partial charge in [-0.1, -0.05) is 24.3 Å². The maximum atomic E-state index is 9.58. The van der Waals surface area contributed by atoms with E-state index in [-0.39, 0.29) is 6.54 Å². The van der Waals surface area contributed by atoms with E-state index in [4.69, 9.17) is 5.73 Å². The number of nitrogens with two attached hydrogens (primary N) is 1. The van der Waals surface area contributed by atoms with Crippen molar-refractivity contribution in [2.24, 2.45) is 11.7 Å². The van der Waals surface area contributed by atoms with Crippen molar-refractivity contribution in [1.29, 1.82) is 0 Å². The summed E-state index contributed by atoms with van der Waals surface area (Å²) in [6, 6.07) is 0.365. The van der Waals surface area contributed by atoms with E-state index in [1.807, 2.05) is 6.08 Å². The molecule has 3 unspecified atom stereocenters. The first kappa shape index (κ1) is 9.49. The van der Waals surface area contributed by atoms with Gasteiger partial charge in [0.05, 0.1) is 12.1 Å². The van der Waals surface area contributed by atoms with Gasteiger partial charge in [-0.05, 0) is 12.5 Å². The number of aliphatic hydroxyl groups is 1. The van der Waals surface area contributed by atoms with Crippen LogP contribution in [0.5, 0.6) is 0 Å². The maximum absolute atomic E-state index is 9.58. The first-order valence-corrected chi connectivity index (χ1v) is 4.93. The van der Waals surface area contributed by atoms with Crippen molar-refractivity contribution in [3.8, 4) is 0 Å². The summed E-state index contributed by atoms with van der Waals surface area (Å²) in [6.45, 7) is 2.34. The van der Waals surface area contributed by atoms with Crippen molar-refractivity contribution in [3.05, 3.63) is 35.6 Å². The molecule has 0 bridgehead atoms. The number of rotatable bonds is 2. The summed E-state index contributed by atoms with van der Waals surface area (Å²) in [4.78, 5) is 0. The van der Waals surface area contributed by atoms with Crippen LogP contribution in [0.25, 0.3) is 0 Å². The fraction of sp³-hybridized carbons (Fsp3) is 0.455. The molecule has 0 saturated carbocycles. The smallest absolute Gasteiger partial charge is 0.0909 e. The molecule has 0 radical (unpaired) electrons. The highest BCUT2D eigenvalue weighted by Gasteiger charge is 2.25. The van der Waals surface area contributed by atoms with Gasteiger partial charge in [0.25, 0.3) is 0 Å². The molecule has 0 aromatic carbocycles. The molecule has 0 spiro atoms. The maximum Gasteiger partial charge on any atom is 0.0909 e. The first-order chi connectivity index (χ1) is 6.70. The zero-order valence-electron chi connectivity index (χ0n) is 8.27. The van der Waals surface area contributed by atoms with Gasteiger partial charge >= 0.3 is 0 Å². The Morgan fingerprint density at radius 2 is 2.36 bits per heavy atom. The van der Waals surface area contributed by atoms with Crippen molar-refractivity contribution in [1.82, 2.24) is 5.32 Å². The number of aliphatic hydroxyl groups excluding tert-OH is 1. The molecule has 2 aliphatic rings. The lowest BCUT2D eigenvalue weighted by molar-refractivity contribution is 0.221. The molecule has 4 N–H and O–H groups in total. The molecular weight excluding hydrogens is 176 g/mol. The molecular formula is C11H16N2O. The molecule has 3 nitrogen and oxygen atoms in total. The van der Waals surface area contributed by atoms with E-state index in [0.717, 1.165) is 5.57 Å². The van der Waals surface area contributed by atoms with Gasteiger partial charge in [0.1, 0.15) is 0 Å². The SMILES string of the molecule is CC1=CC2C=C(C(O)CN)C=CC2N1. The third-order valence-corrected chi connectivity index (χ3v) is 2.74. The number of allylic oxidation sites excluding steroid dienone is 1. The van der Waals surface area contributed by atoms with Gasteiger partial charge in [0, 0.05) is 18.2 Å². The predicted molar refractivity (Wildman–Crippen MR) is 56.5 cm³/mol. The van der Waals surface area contributed by atoms with Gasteiger partial charge in [-0.15, -0.1) is 0 Å². The summed E-state index contributed by atoms with van der Waals surface area (Å²) in [5.41, 5.74) is 7.54. The van der Waals surface area contributed by atoms with Crippen molar-refractivity contribution in [2.75, 3.05) is 6.54 Å². The molecule has 3 atom stereocenters. The Hall–Kier alpha value is -1.06. The number of nitrogens with one attached hydrogen (secondary N) is 1. The molecule has 3 heteroatoms. The molecule has 2 rings (SSSR count). The Morgan fingerprint density at radius 1 is 1.57 bits per heavy atom. The minimum Gasteiger partial charge on any atom is -0.387 e. The molecule has 0 amide bonds. The van der Waals surface area contributed by atoms with Crippen molar-refractivity contribution >= 4 is 0 Å². The van der Waals surface area contributed by atoms with E-state index < -0.39 is 6.10 Å². The first-order valence-electron chi connectivity index (χ1n) is 4.93. The lowest BCUT2D eigenvalue weighted by Gasteiger charge is -2.21. The van der Waals surface area contributed by atoms with E-state index in [2.05, 4.69) is 30.5 Å². The van der Waals surface area contributed by atoms with E-state index in [0.29, 0.717) is 12.0 Å². The Bertz CT molecular complexity index is 317. The average molecular weight is 192 g/mol. The van der Waals surface area contributed by atoms with Crippen LogP contribution in [0.1, 0.15) is 6.92 Å². The van der Waals surface area contributed by atoms with Gasteiger partial charge in [-0.3, -0.25) is 0 Å². The quantitative estimate of drug-likeness (QED) is 0.589. The van der Waals surface area contributed by atoms with Crippen LogP contribution in [0.15, 0.2) is 35.6 Å². The number of hydrogen-bond acceptors (Lipinski definition) is 3. The molecule has 1 aliphatic carbocycles. The second-order valence-corrected chi connectivity index (χ2v) is 3.87. The normalized spacial score (nSPS) is 31.6. The molecule has 14 heavy (non-hydrogen) atoms. The number of hydrogen-bond donors (Lipinski definition) is 3. The van der Waals surface area contributed by atoms with Gasteiger partial charge in [-0.2, -0.15) is 0 Å². The molecule has 0 saturated heterocycles. The van der Waals surface area contributed by atoms with Crippen LogP contribution in [0.3, 0.4) is 0 Å². The Kier molecular flexibility index (Phi) is 2.44. The minimum atomic E-state index is -0.526. The topological polar surface area (TPSA) is 58.3 Å². The summed E-state index contributed by atoms with van der Waals surface area (Å²) in [6.07, 6.45) is 7.79. The fourth-order valence-corrected chi connectivity index (χ4v) is 1.98. The van der Waals surface area contributed by atoms with E-state index >= 15 is 0 Å². The highest BCUT2D eigenvalue weighted by Crippen LogP contribution is 2.26. The zero-order valence-corrected chi connectivity index (χ0v) is 8.27. The second-order valence-electron chi connectivity index (χ2n) is 3.87. The van der Waals surface area contributed by atoms with Crippen LogP contribution in [-0.4, -0.2) is 23.8 Å². The lowest BCUT2D eigenvalue weighted by atomic mass is 9.91. The Morgan fingerprint density at radius 3 is 3.07 bits per heavy atom. The van der Waals surface area contributed by atoms with Gasteiger partial charge in [0.2, 0.25) is 0 Å². The second kappa shape index (κ2) is 3.59. The summed E-state index contributed by atoms with van der Waals surface area (Å²) < 4.78 is 0. The third-order valence-electron chi connectivity index (χ3n) is 2.74. The zero-order chi connectivity index (χ0) is 10.1. The van der Waals surface area contributed by atoms with Crippen LogP contribution in [0.2, 0.25) is 0 Å². The standard InChI is InChI=1S/C11H16N2O/c1-7-4-9-5-8(11(14)6-12)2-3-10(9)13-7/h2-5,9-11,13-14H,6,12H2,1H3. The highest BCUT2D eigenvalue weighted by molar-refractivity contribution is 5.36. The lowest BCUT2D eigenvalue weighted by Crippen LogP contribution is -2.29. The highest BCUT2D eigenvalue weighted by atomic mass is 16.3. The van der Waals surface area contributed by atoms with Crippen LogP contribution in [-0.2, 0) is 0 Å². The van der Waals surface area contributed by atoms with Crippen molar-refractivity contribution in [2.45, 2.75) is 19.1 Å². The molecule has 0 fully saturated rings. The van der Waals surface area contributed by atoms with E-state index in [1.54, 1.807) is 0 Å². The van der Waals surface area contributed by atoms with Gasteiger partial charge in [0.15, 0.2) is 0 Å². The Labute approximate surface area is 84.0 Å². The minimum absolute atomic E-state index is 0.281. The predicted octanol–water partition coefficient (Wildman–Crippen LogP) is 0.294. The summed E-state index contributed by atoms with van der Waals surface area (Å²) in [7, 11) is 0. The molecule has 1 aliphatic heterocycles. The van der Waals surface area contributed by atoms with Gasteiger partial charge in [-0.25, -0.2) is 0 Å². The molecule has 0 aromatic rings. The molecule has 1 heterocycles. The van der Waals surface area contributed by atoms with E-state index in [9.17, 15) is 5.11 Å². The van der Waals surface area contributed by atoms with Crippen LogP contribution in [0, 0.1) is 5.92 Å². The largest absolute Gasteiger partial charge is 0.387 e. The van der Waals surface area contributed by atoms with Crippen LogP contribution < -0.4 is 11.1 Å². The third kappa shape index (κ3) is 1.61. The number of fused-ring (bicyclic) bond motifs is 1. The van der Waals surface area contributed by atoms with Crippen LogP contribution >= 0.6 is 0 Å². The fourth-order valence-electron chi connectivity index (χ4n) is 1.98. The Balaban J connectivity index is 2.17.